The lowest BCUT2D eigenvalue weighted by Crippen LogP contribution is -2.33. The molecule has 144 valence electrons. The van der Waals surface area contributed by atoms with Crippen molar-refractivity contribution < 1.29 is 4.79 Å². The maximum atomic E-state index is 11.8. The van der Waals surface area contributed by atoms with E-state index < -0.39 is 0 Å². The summed E-state index contributed by atoms with van der Waals surface area (Å²) in [5.41, 5.74) is 9.48. The third-order valence-corrected chi connectivity index (χ3v) is 4.53. The number of rotatable bonds is 7. The highest BCUT2D eigenvalue weighted by Gasteiger charge is 2.19. The molecular weight excluding hydrogens is 451 g/mol. The Bertz CT molecular complexity index is 764. The number of hydrogen-bond acceptors (Lipinski definition) is 2. The summed E-state index contributed by atoms with van der Waals surface area (Å²) in [4.78, 5) is 18.1. The quantitative estimate of drug-likeness (QED) is 0.365. The minimum absolute atomic E-state index is 0. The van der Waals surface area contributed by atoms with E-state index in [2.05, 4.69) is 34.6 Å². The highest BCUT2D eigenvalue weighted by Crippen LogP contribution is 2.15. The number of nitrogens with two attached hydrogens (primary N) is 1. The van der Waals surface area contributed by atoms with Crippen LogP contribution in [0.2, 0.25) is 0 Å². The second-order valence-electron chi connectivity index (χ2n) is 6.60. The fraction of sp³-hybridized carbons (Fsp3) is 0.333. The number of halogens is 1. The van der Waals surface area contributed by atoms with E-state index >= 15 is 0 Å². The SMILES string of the molecule is I.NC(=NCc1cccc(CN2CCCC2=O)c1)NCCc1ccccc1. The zero-order chi connectivity index (χ0) is 18.2. The third-order valence-electron chi connectivity index (χ3n) is 4.53. The van der Waals surface area contributed by atoms with Crippen LogP contribution in [0, 0.1) is 0 Å². The van der Waals surface area contributed by atoms with Crippen LogP contribution in [0.3, 0.4) is 0 Å². The van der Waals surface area contributed by atoms with Gasteiger partial charge in [0.1, 0.15) is 0 Å². The molecule has 1 aliphatic heterocycles. The average Bonchev–Trinajstić information content (AvgIpc) is 3.06. The Morgan fingerprint density at radius 3 is 2.56 bits per heavy atom. The fourth-order valence-electron chi connectivity index (χ4n) is 3.13. The molecule has 2 aromatic carbocycles. The molecule has 6 heteroatoms. The van der Waals surface area contributed by atoms with Gasteiger partial charge in [-0.1, -0.05) is 54.6 Å². The van der Waals surface area contributed by atoms with Crippen molar-refractivity contribution in [2.45, 2.75) is 32.4 Å². The first-order valence-corrected chi connectivity index (χ1v) is 9.14. The Kier molecular flexibility index (Phi) is 8.57. The van der Waals surface area contributed by atoms with Crippen LogP contribution in [0.15, 0.2) is 59.6 Å². The molecule has 3 N–H and O–H groups in total. The second-order valence-corrected chi connectivity index (χ2v) is 6.60. The summed E-state index contributed by atoms with van der Waals surface area (Å²) in [5, 5.41) is 3.16. The number of carbonyl (C=O) groups is 1. The number of amides is 1. The van der Waals surface area contributed by atoms with E-state index in [0.29, 0.717) is 25.5 Å². The summed E-state index contributed by atoms with van der Waals surface area (Å²) in [5.74, 6) is 0.710. The van der Waals surface area contributed by atoms with E-state index in [0.717, 1.165) is 37.1 Å². The van der Waals surface area contributed by atoms with E-state index in [1.807, 2.05) is 35.2 Å². The van der Waals surface area contributed by atoms with Crippen LogP contribution in [-0.4, -0.2) is 29.9 Å². The smallest absolute Gasteiger partial charge is 0.222 e. The summed E-state index contributed by atoms with van der Waals surface area (Å²) < 4.78 is 0. The predicted molar refractivity (Wildman–Crippen MR) is 120 cm³/mol. The molecule has 1 saturated heterocycles. The maximum Gasteiger partial charge on any atom is 0.222 e. The molecule has 27 heavy (non-hydrogen) atoms. The molecule has 1 heterocycles. The molecule has 0 bridgehead atoms. The number of guanidine groups is 1. The van der Waals surface area contributed by atoms with E-state index in [9.17, 15) is 4.79 Å². The molecule has 0 radical (unpaired) electrons. The molecule has 5 nitrogen and oxygen atoms in total. The molecule has 1 aliphatic rings. The van der Waals surface area contributed by atoms with Crippen molar-refractivity contribution in [3.05, 3.63) is 71.3 Å². The molecule has 0 unspecified atom stereocenters. The largest absolute Gasteiger partial charge is 0.370 e. The molecule has 1 amide bonds. The predicted octanol–water partition coefficient (Wildman–Crippen LogP) is 3.07. The van der Waals surface area contributed by atoms with Gasteiger partial charge >= 0.3 is 0 Å². The minimum atomic E-state index is 0. The van der Waals surface area contributed by atoms with Gasteiger partial charge in [-0.25, -0.2) is 4.99 Å². The zero-order valence-corrected chi connectivity index (χ0v) is 17.8. The molecule has 2 aromatic rings. The van der Waals surface area contributed by atoms with Gasteiger partial charge in [-0.2, -0.15) is 0 Å². The van der Waals surface area contributed by atoms with Gasteiger partial charge in [0.25, 0.3) is 0 Å². The molecule has 0 spiro atoms. The number of nitrogens with zero attached hydrogens (tertiary/aromatic N) is 2. The monoisotopic (exact) mass is 478 g/mol. The van der Waals surface area contributed by atoms with E-state index in [-0.39, 0.29) is 29.9 Å². The first kappa shape index (κ1) is 21.2. The summed E-state index contributed by atoms with van der Waals surface area (Å²) >= 11 is 0. The number of carbonyl (C=O) groups excluding carboxylic acids is 1. The van der Waals surface area contributed by atoms with Crippen LogP contribution in [0.25, 0.3) is 0 Å². The van der Waals surface area contributed by atoms with Crippen LogP contribution in [0.1, 0.15) is 29.5 Å². The molecule has 1 fully saturated rings. The second kappa shape index (κ2) is 10.9. The molecule has 0 aromatic heterocycles. The summed E-state index contributed by atoms with van der Waals surface area (Å²) in [6, 6.07) is 18.5. The third kappa shape index (κ3) is 6.86. The topological polar surface area (TPSA) is 70.7 Å². The van der Waals surface area contributed by atoms with Crippen molar-refractivity contribution in [1.29, 1.82) is 0 Å². The standard InChI is InChI=1S/C21H26N4O.HI/c22-21(23-12-11-17-6-2-1-3-7-17)24-15-18-8-4-9-19(14-18)16-25-13-5-10-20(25)26;/h1-4,6-9,14H,5,10-13,15-16H2,(H3,22,23,24);1H. The molecule has 3 rings (SSSR count). The van der Waals surface area contributed by atoms with Gasteiger partial charge in [-0.15, -0.1) is 24.0 Å². The van der Waals surface area contributed by atoms with Crippen molar-refractivity contribution >= 4 is 35.8 Å². The lowest BCUT2D eigenvalue weighted by atomic mass is 10.1. The minimum Gasteiger partial charge on any atom is -0.370 e. The van der Waals surface area contributed by atoms with Crippen molar-refractivity contribution in [2.24, 2.45) is 10.7 Å². The average molecular weight is 478 g/mol. The van der Waals surface area contributed by atoms with Crippen molar-refractivity contribution in [2.75, 3.05) is 13.1 Å². The van der Waals surface area contributed by atoms with E-state index in [1.54, 1.807) is 0 Å². The summed E-state index contributed by atoms with van der Waals surface area (Å²) in [6.07, 6.45) is 2.56. The van der Waals surface area contributed by atoms with Gasteiger partial charge in [0.15, 0.2) is 5.96 Å². The highest BCUT2D eigenvalue weighted by atomic mass is 127. The van der Waals surface area contributed by atoms with Crippen molar-refractivity contribution in [3.8, 4) is 0 Å². The Hall–Kier alpha value is -2.09. The lowest BCUT2D eigenvalue weighted by molar-refractivity contribution is -0.128. The zero-order valence-electron chi connectivity index (χ0n) is 15.4. The molecular formula is C21H27IN4O. The number of benzene rings is 2. The molecule has 0 saturated carbocycles. The van der Waals surface area contributed by atoms with Crippen molar-refractivity contribution in [1.82, 2.24) is 10.2 Å². The Labute approximate surface area is 178 Å². The Morgan fingerprint density at radius 2 is 1.81 bits per heavy atom. The Balaban J connectivity index is 0.00000261. The Morgan fingerprint density at radius 1 is 1.07 bits per heavy atom. The van der Waals surface area contributed by atoms with Crippen LogP contribution in [-0.2, 0) is 24.3 Å². The first-order chi connectivity index (χ1) is 12.7. The van der Waals surface area contributed by atoms with Gasteiger partial charge < -0.3 is 16.0 Å². The highest BCUT2D eigenvalue weighted by molar-refractivity contribution is 14.0. The van der Waals surface area contributed by atoms with Gasteiger partial charge in [-0.3, -0.25) is 4.79 Å². The van der Waals surface area contributed by atoms with Crippen LogP contribution in [0.5, 0.6) is 0 Å². The summed E-state index contributed by atoms with van der Waals surface area (Å²) in [6.45, 7) is 2.84. The van der Waals surface area contributed by atoms with Gasteiger partial charge in [0.05, 0.1) is 6.54 Å². The number of likely N-dealkylation sites (tertiary alicyclic amines) is 1. The molecule has 0 atom stereocenters. The number of hydrogen-bond donors (Lipinski definition) is 2. The van der Waals surface area contributed by atoms with Gasteiger partial charge in [0.2, 0.25) is 5.91 Å². The van der Waals surface area contributed by atoms with Crippen molar-refractivity contribution in [3.63, 3.8) is 0 Å². The van der Waals surface area contributed by atoms with Crippen LogP contribution >= 0.6 is 24.0 Å². The fourth-order valence-corrected chi connectivity index (χ4v) is 3.13. The normalized spacial score (nSPS) is 14.1. The van der Waals surface area contributed by atoms with Crippen LogP contribution < -0.4 is 11.1 Å². The lowest BCUT2D eigenvalue weighted by Gasteiger charge is -2.15. The van der Waals surface area contributed by atoms with Gasteiger partial charge in [-0.05, 0) is 29.5 Å². The maximum absolute atomic E-state index is 11.8. The number of nitrogens with one attached hydrogen (secondary N) is 1. The van der Waals surface area contributed by atoms with E-state index in [1.165, 1.54) is 5.56 Å². The number of aliphatic imine (C=N–C) groups is 1. The van der Waals surface area contributed by atoms with E-state index in [4.69, 9.17) is 5.73 Å². The van der Waals surface area contributed by atoms with Crippen LogP contribution in [0.4, 0.5) is 0 Å². The summed E-state index contributed by atoms with van der Waals surface area (Å²) in [7, 11) is 0. The first-order valence-electron chi connectivity index (χ1n) is 9.14. The van der Waals surface area contributed by atoms with Gasteiger partial charge in [0, 0.05) is 26.1 Å². The molecule has 0 aliphatic carbocycles.